The molecule has 166 valence electrons. The summed E-state index contributed by atoms with van der Waals surface area (Å²) in [6.45, 7) is 5.63. The van der Waals surface area contributed by atoms with Gasteiger partial charge < -0.3 is 20.1 Å². The highest BCUT2D eigenvalue weighted by Gasteiger charge is 2.21. The van der Waals surface area contributed by atoms with E-state index in [1.807, 2.05) is 66.7 Å². The molecule has 1 aliphatic rings. The zero-order valence-electron chi connectivity index (χ0n) is 18.7. The normalized spacial score (nSPS) is 14.8. The van der Waals surface area contributed by atoms with E-state index in [1.54, 1.807) is 14.0 Å². The number of nitrogens with zero attached hydrogens (tertiary/aromatic N) is 1. The third-order valence-electron chi connectivity index (χ3n) is 6.02. The van der Waals surface area contributed by atoms with Crippen molar-refractivity contribution in [3.05, 3.63) is 83.4 Å². The largest absolute Gasteiger partial charge is 0.496 e. The SMILES string of the molecule is COc1ccc(CC(=O)c2ccc(N3CCNCC3)cc2)c(C(C)O)c1-c1ccccc1. The fourth-order valence-electron chi connectivity index (χ4n) is 4.40. The van der Waals surface area contributed by atoms with Crippen molar-refractivity contribution < 1.29 is 14.6 Å². The zero-order valence-corrected chi connectivity index (χ0v) is 18.7. The van der Waals surface area contributed by atoms with Gasteiger partial charge in [-0.25, -0.2) is 0 Å². The van der Waals surface area contributed by atoms with Gasteiger partial charge in [-0.3, -0.25) is 4.79 Å². The average Bonchev–Trinajstić information content (AvgIpc) is 2.84. The molecule has 32 heavy (non-hydrogen) atoms. The molecule has 0 amide bonds. The second kappa shape index (κ2) is 9.98. The van der Waals surface area contributed by atoms with Gasteiger partial charge >= 0.3 is 0 Å². The summed E-state index contributed by atoms with van der Waals surface area (Å²) in [4.78, 5) is 15.5. The molecule has 0 bridgehead atoms. The molecule has 1 atom stereocenters. The Morgan fingerprint density at radius 2 is 1.72 bits per heavy atom. The monoisotopic (exact) mass is 430 g/mol. The van der Waals surface area contributed by atoms with E-state index < -0.39 is 6.10 Å². The summed E-state index contributed by atoms with van der Waals surface area (Å²) >= 11 is 0. The number of aliphatic hydroxyl groups is 1. The van der Waals surface area contributed by atoms with E-state index in [0.29, 0.717) is 11.3 Å². The van der Waals surface area contributed by atoms with Gasteiger partial charge in [0.2, 0.25) is 0 Å². The lowest BCUT2D eigenvalue weighted by Gasteiger charge is -2.29. The molecule has 0 aliphatic carbocycles. The number of rotatable bonds is 7. The van der Waals surface area contributed by atoms with Crippen molar-refractivity contribution in [1.82, 2.24) is 5.32 Å². The minimum absolute atomic E-state index is 0.0305. The first-order chi connectivity index (χ1) is 15.6. The van der Waals surface area contributed by atoms with Gasteiger partial charge in [-0.1, -0.05) is 36.4 Å². The van der Waals surface area contributed by atoms with Crippen molar-refractivity contribution in [2.45, 2.75) is 19.4 Å². The molecule has 5 heteroatoms. The van der Waals surface area contributed by atoms with Crippen LogP contribution in [0.1, 0.15) is 34.5 Å². The first-order valence-electron chi connectivity index (χ1n) is 11.1. The maximum Gasteiger partial charge on any atom is 0.167 e. The van der Waals surface area contributed by atoms with Crippen LogP contribution in [0.3, 0.4) is 0 Å². The van der Waals surface area contributed by atoms with Crippen LogP contribution in [0, 0.1) is 0 Å². The molecule has 1 unspecified atom stereocenters. The minimum Gasteiger partial charge on any atom is -0.496 e. The van der Waals surface area contributed by atoms with Crippen molar-refractivity contribution in [3.8, 4) is 16.9 Å². The van der Waals surface area contributed by atoms with E-state index in [1.165, 1.54) is 0 Å². The van der Waals surface area contributed by atoms with Crippen LogP contribution >= 0.6 is 0 Å². The maximum absolute atomic E-state index is 13.1. The summed E-state index contributed by atoms with van der Waals surface area (Å²) in [7, 11) is 1.62. The highest BCUT2D eigenvalue weighted by molar-refractivity contribution is 5.98. The molecule has 1 heterocycles. The lowest BCUT2D eigenvalue weighted by atomic mass is 9.88. The van der Waals surface area contributed by atoms with Crippen molar-refractivity contribution in [3.63, 3.8) is 0 Å². The van der Waals surface area contributed by atoms with E-state index in [0.717, 1.165) is 54.1 Å². The Labute approximate surface area is 189 Å². The first-order valence-corrected chi connectivity index (χ1v) is 11.1. The molecule has 3 aromatic rings. The van der Waals surface area contributed by atoms with Gasteiger partial charge in [0.25, 0.3) is 0 Å². The van der Waals surface area contributed by atoms with Crippen LogP contribution in [0.2, 0.25) is 0 Å². The number of nitrogens with one attached hydrogen (secondary N) is 1. The Kier molecular flexibility index (Phi) is 6.88. The molecule has 0 spiro atoms. The van der Waals surface area contributed by atoms with Crippen LogP contribution in [0.15, 0.2) is 66.7 Å². The summed E-state index contributed by atoms with van der Waals surface area (Å²) in [6, 6.07) is 21.5. The van der Waals surface area contributed by atoms with E-state index in [9.17, 15) is 9.90 Å². The number of benzene rings is 3. The Balaban J connectivity index is 1.63. The Hall–Kier alpha value is -3.15. The molecule has 2 N–H and O–H groups in total. The number of carbonyl (C=O) groups is 1. The average molecular weight is 431 g/mol. The van der Waals surface area contributed by atoms with Crippen LogP contribution in [0.25, 0.3) is 11.1 Å². The van der Waals surface area contributed by atoms with Gasteiger partial charge in [0, 0.05) is 49.4 Å². The Bertz CT molecular complexity index is 1060. The molecule has 0 saturated carbocycles. The summed E-state index contributed by atoms with van der Waals surface area (Å²) < 4.78 is 5.60. The third kappa shape index (κ3) is 4.69. The number of ether oxygens (including phenoxy) is 1. The van der Waals surface area contributed by atoms with Gasteiger partial charge in [0.05, 0.1) is 13.2 Å². The molecule has 3 aromatic carbocycles. The number of piperazine rings is 1. The van der Waals surface area contributed by atoms with Crippen molar-refractivity contribution >= 4 is 11.5 Å². The molecular weight excluding hydrogens is 400 g/mol. The fourth-order valence-corrected chi connectivity index (χ4v) is 4.40. The molecule has 1 aliphatic heterocycles. The van der Waals surface area contributed by atoms with Gasteiger partial charge in [-0.15, -0.1) is 0 Å². The minimum atomic E-state index is -0.738. The zero-order chi connectivity index (χ0) is 22.5. The van der Waals surface area contributed by atoms with Crippen molar-refractivity contribution in [1.29, 1.82) is 0 Å². The van der Waals surface area contributed by atoms with E-state index in [2.05, 4.69) is 10.2 Å². The topological polar surface area (TPSA) is 61.8 Å². The predicted molar refractivity (Wildman–Crippen MR) is 129 cm³/mol. The number of hydrogen-bond donors (Lipinski definition) is 2. The Morgan fingerprint density at radius 1 is 1.03 bits per heavy atom. The fraction of sp³-hybridized carbons (Fsp3) is 0.296. The number of methoxy groups -OCH3 is 1. The summed E-state index contributed by atoms with van der Waals surface area (Å²) in [6.07, 6.45) is -0.518. The molecular formula is C27H30N2O3. The number of ketones is 1. The number of aliphatic hydroxyl groups excluding tert-OH is 1. The summed E-state index contributed by atoms with van der Waals surface area (Å²) in [5.74, 6) is 0.714. The molecule has 0 aromatic heterocycles. The third-order valence-corrected chi connectivity index (χ3v) is 6.02. The number of carbonyl (C=O) groups excluding carboxylic acids is 1. The number of anilines is 1. The van der Waals surface area contributed by atoms with Crippen LogP contribution < -0.4 is 15.0 Å². The molecule has 1 saturated heterocycles. The van der Waals surface area contributed by atoms with E-state index in [-0.39, 0.29) is 12.2 Å². The highest BCUT2D eigenvalue weighted by Crippen LogP contribution is 2.39. The number of hydrogen-bond acceptors (Lipinski definition) is 5. The van der Waals surface area contributed by atoms with Crippen LogP contribution in [-0.4, -0.2) is 44.2 Å². The molecule has 0 radical (unpaired) electrons. The van der Waals surface area contributed by atoms with Crippen LogP contribution in [0.4, 0.5) is 5.69 Å². The smallest absolute Gasteiger partial charge is 0.167 e. The summed E-state index contributed by atoms with van der Waals surface area (Å²) in [5, 5.41) is 14.0. The van der Waals surface area contributed by atoms with Crippen LogP contribution in [-0.2, 0) is 6.42 Å². The second-order valence-corrected chi connectivity index (χ2v) is 8.14. The van der Waals surface area contributed by atoms with Crippen LogP contribution in [0.5, 0.6) is 5.75 Å². The van der Waals surface area contributed by atoms with Gasteiger partial charge in [0.15, 0.2) is 5.78 Å². The quantitative estimate of drug-likeness (QED) is 0.549. The van der Waals surface area contributed by atoms with E-state index in [4.69, 9.17) is 4.74 Å². The standard InChI is InChI=1S/C27H30N2O3/c1-19(30)26-22(10-13-25(32-2)27(26)21-6-4-3-5-7-21)18-24(31)20-8-11-23(12-9-20)29-16-14-28-15-17-29/h3-13,19,28,30H,14-18H2,1-2H3. The molecule has 5 nitrogen and oxygen atoms in total. The van der Waals surface area contributed by atoms with Gasteiger partial charge in [-0.2, -0.15) is 0 Å². The predicted octanol–water partition coefficient (Wildman–Crippen LogP) is 4.25. The van der Waals surface area contributed by atoms with E-state index >= 15 is 0 Å². The van der Waals surface area contributed by atoms with Gasteiger partial charge in [-0.05, 0) is 53.9 Å². The molecule has 1 fully saturated rings. The van der Waals surface area contributed by atoms with Crippen molar-refractivity contribution in [2.75, 3.05) is 38.2 Å². The first kappa shape index (κ1) is 22.1. The summed E-state index contributed by atoms with van der Waals surface area (Å²) in [5.41, 5.74) is 5.16. The maximum atomic E-state index is 13.1. The lowest BCUT2D eigenvalue weighted by molar-refractivity contribution is 0.0992. The Morgan fingerprint density at radius 3 is 2.34 bits per heavy atom. The van der Waals surface area contributed by atoms with Gasteiger partial charge in [0.1, 0.15) is 5.75 Å². The van der Waals surface area contributed by atoms with Crippen molar-refractivity contribution in [2.24, 2.45) is 0 Å². The lowest BCUT2D eigenvalue weighted by Crippen LogP contribution is -2.43. The molecule has 4 rings (SSSR count). The highest BCUT2D eigenvalue weighted by atomic mass is 16.5. The number of Topliss-reactive ketones (excluding diaryl/α,β-unsaturated/α-hetero) is 1. The second-order valence-electron chi connectivity index (χ2n) is 8.14.